The number of unbranched alkanes of at least 4 members (excludes halogenated alkanes) is 32. The van der Waals surface area contributed by atoms with E-state index in [4.69, 9.17) is 14.2 Å². The predicted molar refractivity (Wildman–Crippen MR) is 252 cm³/mol. The molecule has 346 valence electrons. The van der Waals surface area contributed by atoms with Crippen LogP contribution in [0, 0.1) is 0 Å². The van der Waals surface area contributed by atoms with E-state index in [-0.39, 0.29) is 31.1 Å². The van der Waals surface area contributed by atoms with Gasteiger partial charge in [-0.05, 0) is 64.2 Å². The summed E-state index contributed by atoms with van der Waals surface area (Å²) in [6.07, 6.45) is 54.6. The number of carbonyl (C=O) groups excluding carboxylic acids is 3. The molecular formula is C53H98O6. The Labute approximate surface area is 366 Å². The minimum Gasteiger partial charge on any atom is -0.462 e. The Morgan fingerprint density at radius 2 is 0.576 bits per heavy atom. The summed E-state index contributed by atoms with van der Waals surface area (Å²) in [7, 11) is 0. The fraction of sp³-hybridized carbons (Fsp3) is 0.868. The van der Waals surface area contributed by atoms with Gasteiger partial charge in [-0.2, -0.15) is 0 Å². The second kappa shape index (κ2) is 48.6. The zero-order chi connectivity index (χ0) is 43.0. The third-order valence-electron chi connectivity index (χ3n) is 11.4. The van der Waals surface area contributed by atoms with E-state index in [1.54, 1.807) is 0 Å². The highest BCUT2D eigenvalue weighted by molar-refractivity contribution is 5.71. The van der Waals surface area contributed by atoms with Gasteiger partial charge in [0.1, 0.15) is 13.2 Å². The van der Waals surface area contributed by atoms with Crippen LogP contribution in [0.2, 0.25) is 0 Å². The van der Waals surface area contributed by atoms with E-state index in [1.807, 2.05) is 0 Å². The van der Waals surface area contributed by atoms with Crippen molar-refractivity contribution in [3.05, 3.63) is 24.3 Å². The van der Waals surface area contributed by atoms with Crippen molar-refractivity contribution >= 4 is 17.9 Å². The van der Waals surface area contributed by atoms with E-state index in [9.17, 15) is 14.4 Å². The number of rotatable bonds is 47. The number of allylic oxidation sites excluding steroid dienone is 4. The van der Waals surface area contributed by atoms with E-state index in [0.717, 1.165) is 70.6 Å². The van der Waals surface area contributed by atoms with Crippen LogP contribution in [0.15, 0.2) is 24.3 Å². The summed E-state index contributed by atoms with van der Waals surface area (Å²) < 4.78 is 16.7. The molecule has 0 aliphatic heterocycles. The van der Waals surface area contributed by atoms with Crippen LogP contribution in [-0.2, 0) is 28.6 Å². The molecule has 59 heavy (non-hydrogen) atoms. The highest BCUT2D eigenvalue weighted by Crippen LogP contribution is 2.16. The number of hydrogen-bond donors (Lipinski definition) is 0. The quantitative estimate of drug-likeness (QED) is 0.0263. The Bertz CT molecular complexity index is 958. The summed E-state index contributed by atoms with van der Waals surface area (Å²) in [6, 6.07) is 0. The molecule has 6 heteroatoms. The summed E-state index contributed by atoms with van der Waals surface area (Å²) in [5.74, 6) is -0.924. The van der Waals surface area contributed by atoms with Gasteiger partial charge in [0.05, 0.1) is 0 Å². The zero-order valence-corrected chi connectivity index (χ0v) is 39.5. The van der Waals surface area contributed by atoms with Gasteiger partial charge in [0.2, 0.25) is 0 Å². The van der Waals surface area contributed by atoms with Crippen LogP contribution in [0.5, 0.6) is 0 Å². The summed E-state index contributed by atoms with van der Waals surface area (Å²) in [4.78, 5) is 37.8. The van der Waals surface area contributed by atoms with Gasteiger partial charge >= 0.3 is 17.9 Å². The summed E-state index contributed by atoms with van der Waals surface area (Å²) >= 11 is 0. The molecule has 0 saturated carbocycles. The van der Waals surface area contributed by atoms with E-state index < -0.39 is 6.10 Å². The smallest absolute Gasteiger partial charge is 0.306 e. The molecule has 0 amide bonds. The highest BCUT2D eigenvalue weighted by Gasteiger charge is 2.19. The first-order valence-electron chi connectivity index (χ1n) is 25.8. The largest absolute Gasteiger partial charge is 0.462 e. The maximum Gasteiger partial charge on any atom is 0.306 e. The van der Waals surface area contributed by atoms with Gasteiger partial charge in [-0.15, -0.1) is 0 Å². The first kappa shape index (κ1) is 56.9. The molecule has 0 fully saturated rings. The lowest BCUT2D eigenvalue weighted by molar-refractivity contribution is -0.167. The van der Waals surface area contributed by atoms with Crippen molar-refractivity contribution in [2.24, 2.45) is 0 Å². The van der Waals surface area contributed by atoms with Gasteiger partial charge in [-0.1, -0.05) is 218 Å². The molecule has 0 aromatic heterocycles. The fourth-order valence-corrected chi connectivity index (χ4v) is 7.50. The average molecular weight is 831 g/mol. The van der Waals surface area contributed by atoms with Crippen LogP contribution < -0.4 is 0 Å². The maximum atomic E-state index is 12.7. The molecule has 0 aliphatic rings. The van der Waals surface area contributed by atoms with Gasteiger partial charge in [0.25, 0.3) is 0 Å². The molecule has 0 heterocycles. The van der Waals surface area contributed by atoms with Crippen molar-refractivity contribution in [3.8, 4) is 0 Å². The predicted octanol–water partition coefficient (Wildman–Crippen LogP) is 16.8. The molecule has 0 aliphatic carbocycles. The normalized spacial score (nSPS) is 12.1. The molecule has 1 atom stereocenters. The van der Waals surface area contributed by atoms with Crippen molar-refractivity contribution in [3.63, 3.8) is 0 Å². The number of esters is 3. The fourth-order valence-electron chi connectivity index (χ4n) is 7.50. The van der Waals surface area contributed by atoms with Crippen molar-refractivity contribution < 1.29 is 28.6 Å². The number of hydrogen-bond acceptors (Lipinski definition) is 6. The second-order valence-corrected chi connectivity index (χ2v) is 17.4. The Morgan fingerprint density at radius 1 is 0.322 bits per heavy atom. The molecule has 0 spiro atoms. The van der Waals surface area contributed by atoms with Crippen LogP contribution in [0.1, 0.15) is 278 Å². The van der Waals surface area contributed by atoms with Crippen LogP contribution >= 0.6 is 0 Å². The first-order chi connectivity index (χ1) is 29.0. The van der Waals surface area contributed by atoms with Crippen LogP contribution in [0.25, 0.3) is 0 Å². The zero-order valence-electron chi connectivity index (χ0n) is 39.5. The SMILES string of the molecule is CCCCCC/C=C\CCCC(=O)OCC(COC(=O)CCCCCCCCCCCCCCCCCCCC)OC(=O)CCCCC/C=C\CCCCCCCCC. The van der Waals surface area contributed by atoms with Gasteiger partial charge < -0.3 is 14.2 Å². The topological polar surface area (TPSA) is 78.9 Å². The molecule has 0 bridgehead atoms. The van der Waals surface area contributed by atoms with E-state index in [1.165, 1.54) is 167 Å². The molecule has 0 saturated heterocycles. The summed E-state index contributed by atoms with van der Waals surface area (Å²) in [5.41, 5.74) is 0. The lowest BCUT2D eigenvalue weighted by Gasteiger charge is -2.18. The minimum absolute atomic E-state index is 0.0821. The monoisotopic (exact) mass is 831 g/mol. The van der Waals surface area contributed by atoms with Crippen molar-refractivity contribution in [2.75, 3.05) is 13.2 Å². The van der Waals surface area contributed by atoms with Gasteiger partial charge in [-0.25, -0.2) is 0 Å². The Hall–Kier alpha value is -2.11. The van der Waals surface area contributed by atoms with Crippen molar-refractivity contribution in [2.45, 2.75) is 284 Å². The Kier molecular flexibility index (Phi) is 46.8. The van der Waals surface area contributed by atoms with Crippen LogP contribution in [0.4, 0.5) is 0 Å². The van der Waals surface area contributed by atoms with Crippen LogP contribution in [0.3, 0.4) is 0 Å². The molecule has 0 N–H and O–H groups in total. The average Bonchev–Trinajstić information content (AvgIpc) is 3.23. The Morgan fingerprint density at radius 3 is 0.949 bits per heavy atom. The minimum atomic E-state index is -0.784. The van der Waals surface area contributed by atoms with Gasteiger partial charge in [0.15, 0.2) is 6.10 Å². The standard InChI is InChI=1S/C53H98O6/c1-4-7-10-13-16-19-21-23-25-26-27-28-30-31-34-37-40-43-46-52(55)58-49-50(48-57-51(54)45-42-39-36-33-18-15-12-9-6-3)59-53(56)47-44-41-38-35-32-29-24-22-20-17-14-11-8-5-2/h29,32-33,36,50H,4-28,30-31,34-35,37-49H2,1-3H3/b32-29-,36-33-. The summed E-state index contributed by atoms with van der Waals surface area (Å²) in [6.45, 7) is 6.59. The first-order valence-corrected chi connectivity index (χ1v) is 25.8. The molecular weight excluding hydrogens is 733 g/mol. The van der Waals surface area contributed by atoms with Crippen molar-refractivity contribution in [1.82, 2.24) is 0 Å². The molecule has 6 nitrogen and oxygen atoms in total. The lowest BCUT2D eigenvalue weighted by atomic mass is 10.0. The van der Waals surface area contributed by atoms with Gasteiger partial charge in [0, 0.05) is 19.3 Å². The number of ether oxygens (including phenoxy) is 3. The van der Waals surface area contributed by atoms with Gasteiger partial charge in [-0.3, -0.25) is 14.4 Å². The summed E-state index contributed by atoms with van der Waals surface area (Å²) in [5, 5.41) is 0. The van der Waals surface area contributed by atoms with E-state index in [0.29, 0.717) is 19.3 Å². The highest BCUT2D eigenvalue weighted by atomic mass is 16.6. The van der Waals surface area contributed by atoms with E-state index >= 15 is 0 Å². The molecule has 1 unspecified atom stereocenters. The maximum absolute atomic E-state index is 12.7. The molecule has 0 rings (SSSR count). The van der Waals surface area contributed by atoms with E-state index in [2.05, 4.69) is 45.1 Å². The lowest BCUT2D eigenvalue weighted by Crippen LogP contribution is -2.30. The second-order valence-electron chi connectivity index (χ2n) is 17.4. The number of carbonyl (C=O) groups is 3. The van der Waals surface area contributed by atoms with Crippen LogP contribution in [-0.4, -0.2) is 37.2 Å². The molecule has 0 aromatic rings. The molecule has 0 radical (unpaired) electrons. The third kappa shape index (κ3) is 46.8. The third-order valence-corrected chi connectivity index (χ3v) is 11.4. The Balaban J connectivity index is 4.29. The van der Waals surface area contributed by atoms with Crippen molar-refractivity contribution in [1.29, 1.82) is 0 Å². The molecule has 0 aromatic carbocycles.